The topological polar surface area (TPSA) is 75.7 Å². The standard InChI is InChI=1S/C30H30N2O4S/c1-23-12-11-19-29(24(23)2)36-21-20-31-30(33)27-17-9-10-18-28(27)32(22-25-13-5-3-6-14-25)37(34,35)26-15-7-4-8-16-26/h3-19H,20-22H2,1-2H3,(H,31,33). The summed E-state index contributed by atoms with van der Waals surface area (Å²) in [4.78, 5) is 13.4. The Hall–Kier alpha value is -4.10. The average Bonchev–Trinajstić information content (AvgIpc) is 2.93. The zero-order valence-corrected chi connectivity index (χ0v) is 21.7. The Morgan fingerprint density at radius 2 is 1.46 bits per heavy atom. The first-order valence-electron chi connectivity index (χ1n) is 12.1. The Balaban J connectivity index is 1.58. The summed E-state index contributed by atoms with van der Waals surface area (Å²) in [6, 6.07) is 30.2. The Morgan fingerprint density at radius 3 is 2.19 bits per heavy atom. The smallest absolute Gasteiger partial charge is 0.264 e. The Labute approximate surface area is 218 Å². The Kier molecular flexibility index (Phi) is 8.25. The number of hydrogen-bond donors (Lipinski definition) is 1. The molecule has 4 aromatic carbocycles. The first-order chi connectivity index (χ1) is 17.9. The monoisotopic (exact) mass is 514 g/mol. The molecule has 0 radical (unpaired) electrons. The van der Waals surface area contributed by atoms with Crippen LogP contribution in [0, 0.1) is 13.8 Å². The molecule has 4 aromatic rings. The maximum Gasteiger partial charge on any atom is 0.264 e. The fourth-order valence-corrected chi connectivity index (χ4v) is 5.45. The Bertz CT molecular complexity index is 1460. The highest BCUT2D eigenvalue weighted by Gasteiger charge is 2.28. The molecule has 0 aliphatic heterocycles. The molecule has 0 aromatic heterocycles. The number of para-hydroxylation sites is 1. The second kappa shape index (κ2) is 11.8. The van der Waals surface area contributed by atoms with Crippen molar-refractivity contribution in [3.63, 3.8) is 0 Å². The van der Waals surface area contributed by atoms with Crippen molar-refractivity contribution in [1.82, 2.24) is 5.32 Å². The van der Waals surface area contributed by atoms with Gasteiger partial charge in [0.2, 0.25) is 0 Å². The van der Waals surface area contributed by atoms with Crippen LogP contribution in [0.2, 0.25) is 0 Å². The van der Waals surface area contributed by atoms with Gasteiger partial charge in [-0.05, 0) is 60.9 Å². The minimum atomic E-state index is -3.95. The zero-order valence-electron chi connectivity index (χ0n) is 20.9. The highest BCUT2D eigenvalue weighted by Crippen LogP contribution is 2.29. The van der Waals surface area contributed by atoms with E-state index >= 15 is 0 Å². The van der Waals surface area contributed by atoms with E-state index in [4.69, 9.17) is 4.74 Å². The van der Waals surface area contributed by atoms with Gasteiger partial charge in [0.25, 0.3) is 15.9 Å². The van der Waals surface area contributed by atoms with Crippen molar-refractivity contribution >= 4 is 21.6 Å². The summed E-state index contributed by atoms with van der Waals surface area (Å²) in [6.07, 6.45) is 0. The molecule has 0 saturated heterocycles. The van der Waals surface area contributed by atoms with E-state index in [2.05, 4.69) is 5.32 Å². The van der Waals surface area contributed by atoms with E-state index in [1.54, 1.807) is 54.6 Å². The van der Waals surface area contributed by atoms with E-state index < -0.39 is 10.0 Å². The Morgan fingerprint density at radius 1 is 0.811 bits per heavy atom. The first-order valence-corrected chi connectivity index (χ1v) is 13.5. The highest BCUT2D eigenvalue weighted by atomic mass is 32.2. The maximum absolute atomic E-state index is 13.8. The number of amides is 1. The summed E-state index contributed by atoms with van der Waals surface area (Å²) in [6.45, 7) is 4.65. The molecule has 190 valence electrons. The number of carbonyl (C=O) groups excluding carboxylic acids is 1. The lowest BCUT2D eigenvalue weighted by atomic mass is 10.1. The molecule has 7 heteroatoms. The normalized spacial score (nSPS) is 11.1. The molecule has 6 nitrogen and oxygen atoms in total. The van der Waals surface area contributed by atoms with Crippen LogP contribution < -0.4 is 14.4 Å². The van der Waals surface area contributed by atoms with Gasteiger partial charge in [-0.3, -0.25) is 9.10 Å². The van der Waals surface area contributed by atoms with Crippen molar-refractivity contribution in [2.45, 2.75) is 25.3 Å². The molecule has 37 heavy (non-hydrogen) atoms. The van der Waals surface area contributed by atoms with Gasteiger partial charge in [0, 0.05) is 0 Å². The van der Waals surface area contributed by atoms with Crippen molar-refractivity contribution < 1.29 is 17.9 Å². The van der Waals surface area contributed by atoms with Crippen LogP contribution in [0.5, 0.6) is 5.75 Å². The SMILES string of the molecule is Cc1cccc(OCCNC(=O)c2ccccc2N(Cc2ccccc2)S(=O)(=O)c2ccccc2)c1C. The van der Waals surface area contributed by atoms with Crippen molar-refractivity contribution in [2.24, 2.45) is 0 Å². The molecule has 0 saturated carbocycles. The molecular weight excluding hydrogens is 484 g/mol. The van der Waals surface area contributed by atoms with Crippen LogP contribution in [-0.2, 0) is 16.6 Å². The molecule has 0 aliphatic rings. The molecule has 1 amide bonds. The average molecular weight is 515 g/mol. The number of nitrogens with one attached hydrogen (secondary N) is 1. The van der Waals surface area contributed by atoms with Gasteiger partial charge >= 0.3 is 0 Å². The first kappa shape index (κ1) is 26.0. The third kappa shape index (κ3) is 6.19. The predicted molar refractivity (Wildman–Crippen MR) is 146 cm³/mol. The van der Waals surface area contributed by atoms with Crippen molar-refractivity contribution in [2.75, 3.05) is 17.5 Å². The number of aryl methyl sites for hydroxylation is 1. The lowest BCUT2D eigenvalue weighted by Crippen LogP contribution is -2.34. The van der Waals surface area contributed by atoms with E-state index in [9.17, 15) is 13.2 Å². The van der Waals surface area contributed by atoms with E-state index in [1.165, 1.54) is 4.31 Å². The van der Waals surface area contributed by atoms with Gasteiger partial charge in [0.1, 0.15) is 12.4 Å². The molecule has 0 bridgehead atoms. The number of benzene rings is 4. The van der Waals surface area contributed by atoms with Crippen molar-refractivity contribution in [3.8, 4) is 5.75 Å². The zero-order chi connectivity index (χ0) is 26.3. The predicted octanol–water partition coefficient (Wildman–Crippen LogP) is 5.51. The third-order valence-electron chi connectivity index (χ3n) is 6.12. The van der Waals surface area contributed by atoms with E-state index in [0.29, 0.717) is 5.69 Å². The van der Waals surface area contributed by atoms with E-state index in [0.717, 1.165) is 22.4 Å². The lowest BCUT2D eigenvalue weighted by molar-refractivity contribution is 0.0947. The third-order valence-corrected chi connectivity index (χ3v) is 7.89. The summed E-state index contributed by atoms with van der Waals surface area (Å²) in [5.74, 6) is 0.402. The quantitative estimate of drug-likeness (QED) is 0.283. The number of sulfonamides is 1. The second-order valence-corrected chi connectivity index (χ2v) is 10.5. The molecule has 1 N–H and O–H groups in total. The number of carbonyl (C=O) groups is 1. The number of anilines is 1. The number of ether oxygens (including phenoxy) is 1. The maximum atomic E-state index is 13.8. The molecule has 4 rings (SSSR count). The van der Waals surface area contributed by atoms with Crippen molar-refractivity contribution in [3.05, 3.63) is 125 Å². The van der Waals surface area contributed by atoms with Crippen LogP contribution in [0.4, 0.5) is 5.69 Å². The van der Waals surface area contributed by atoms with E-state index in [1.807, 2.05) is 62.4 Å². The minimum absolute atomic E-state index is 0.0815. The van der Waals surface area contributed by atoms with Crippen LogP contribution >= 0.6 is 0 Å². The summed E-state index contributed by atoms with van der Waals surface area (Å²) >= 11 is 0. The van der Waals surface area contributed by atoms with Gasteiger partial charge in [0.15, 0.2) is 0 Å². The fourth-order valence-electron chi connectivity index (χ4n) is 3.95. The van der Waals surface area contributed by atoms with Crippen LogP contribution in [-0.4, -0.2) is 27.5 Å². The van der Waals surface area contributed by atoms with Crippen molar-refractivity contribution in [1.29, 1.82) is 0 Å². The second-order valence-electron chi connectivity index (χ2n) is 8.63. The summed E-state index contributed by atoms with van der Waals surface area (Å²) < 4.78 is 34.7. The molecule has 0 fully saturated rings. The van der Waals surface area contributed by atoms with Gasteiger partial charge in [0.05, 0.1) is 29.2 Å². The fraction of sp³-hybridized carbons (Fsp3) is 0.167. The van der Waals surface area contributed by atoms with Gasteiger partial charge in [-0.15, -0.1) is 0 Å². The highest BCUT2D eigenvalue weighted by molar-refractivity contribution is 7.92. The van der Waals surface area contributed by atoms with Crippen LogP contribution in [0.3, 0.4) is 0 Å². The number of nitrogens with zero attached hydrogens (tertiary/aromatic N) is 1. The van der Waals surface area contributed by atoms with Crippen LogP contribution in [0.15, 0.2) is 108 Å². The largest absolute Gasteiger partial charge is 0.491 e. The van der Waals surface area contributed by atoms with E-state index in [-0.39, 0.29) is 36.1 Å². The molecule has 0 heterocycles. The molecule has 0 aliphatic carbocycles. The molecule has 0 spiro atoms. The van der Waals surface area contributed by atoms with Gasteiger partial charge in [-0.25, -0.2) is 8.42 Å². The van der Waals surface area contributed by atoms with Crippen LogP contribution in [0.25, 0.3) is 0 Å². The molecule has 0 atom stereocenters. The lowest BCUT2D eigenvalue weighted by Gasteiger charge is -2.26. The van der Waals surface area contributed by atoms with Crippen LogP contribution in [0.1, 0.15) is 27.0 Å². The molecular formula is C30H30N2O4S. The minimum Gasteiger partial charge on any atom is -0.491 e. The van der Waals surface area contributed by atoms with Gasteiger partial charge < -0.3 is 10.1 Å². The summed E-state index contributed by atoms with van der Waals surface area (Å²) in [7, 11) is -3.95. The summed E-state index contributed by atoms with van der Waals surface area (Å²) in [5, 5.41) is 2.87. The number of hydrogen-bond acceptors (Lipinski definition) is 4. The van der Waals surface area contributed by atoms with Gasteiger partial charge in [-0.1, -0.05) is 72.8 Å². The number of rotatable bonds is 10. The summed E-state index contributed by atoms with van der Waals surface area (Å²) in [5.41, 5.74) is 3.57. The van der Waals surface area contributed by atoms with Gasteiger partial charge in [-0.2, -0.15) is 0 Å². The molecule has 0 unspecified atom stereocenters.